The van der Waals surface area contributed by atoms with Crippen molar-refractivity contribution >= 4 is 11.9 Å². The van der Waals surface area contributed by atoms with Crippen LogP contribution in [0, 0.1) is 23.7 Å². The SMILES string of the molecule is COC(=O)C(NC(=O)c1ccc(C#CC#CC(C)O)cc1)C(C)(C)N. The minimum atomic E-state index is -0.976. The van der Waals surface area contributed by atoms with Crippen LogP contribution in [0.5, 0.6) is 0 Å². The van der Waals surface area contributed by atoms with Crippen molar-refractivity contribution in [3.8, 4) is 23.7 Å². The lowest BCUT2D eigenvalue weighted by molar-refractivity contribution is -0.144. The van der Waals surface area contributed by atoms with Gasteiger partial charge in [0.2, 0.25) is 0 Å². The Balaban J connectivity index is 2.86. The number of benzene rings is 1. The standard InChI is InChI=1S/C19H22N2O4/c1-13(22)7-5-6-8-14-9-11-15(12-10-14)17(23)21-16(18(24)25-4)19(2,3)20/h9-13,16,22H,20H2,1-4H3,(H,21,23). The fourth-order valence-electron chi connectivity index (χ4n) is 1.83. The third-order valence-electron chi connectivity index (χ3n) is 3.15. The van der Waals surface area contributed by atoms with E-state index in [-0.39, 0.29) is 0 Å². The van der Waals surface area contributed by atoms with E-state index in [0.29, 0.717) is 11.1 Å². The number of methoxy groups -OCH3 is 1. The highest BCUT2D eigenvalue weighted by molar-refractivity contribution is 5.97. The average Bonchev–Trinajstić information content (AvgIpc) is 2.55. The Labute approximate surface area is 147 Å². The maximum atomic E-state index is 12.3. The summed E-state index contributed by atoms with van der Waals surface area (Å²) in [5.74, 6) is 9.39. The topological polar surface area (TPSA) is 102 Å². The van der Waals surface area contributed by atoms with E-state index in [1.165, 1.54) is 7.11 Å². The van der Waals surface area contributed by atoms with Gasteiger partial charge in [-0.05, 0) is 56.9 Å². The van der Waals surface area contributed by atoms with Crippen molar-refractivity contribution in [3.05, 3.63) is 35.4 Å². The van der Waals surface area contributed by atoms with Crippen molar-refractivity contribution in [2.75, 3.05) is 7.11 Å². The second kappa shape index (κ2) is 8.89. The molecule has 6 nitrogen and oxygen atoms in total. The first-order chi connectivity index (χ1) is 11.6. The molecule has 1 aromatic rings. The molecule has 0 aliphatic carbocycles. The molecule has 0 heterocycles. The quantitative estimate of drug-likeness (QED) is 0.544. The number of aliphatic hydroxyl groups is 1. The number of amides is 1. The molecular formula is C19H22N2O4. The Kier molecular flexibility index (Phi) is 7.20. The second-order valence-corrected chi connectivity index (χ2v) is 6.02. The maximum absolute atomic E-state index is 12.3. The van der Waals surface area contributed by atoms with Crippen LogP contribution in [0.1, 0.15) is 36.7 Å². The summed E-state index contributed by atoms with van der Waals surface area (Å²) < 4.78 is 4.68. The van der Waals surface area contributed by atoms with Crippen molar-refractivity contribution < 1.29 is 19.4 Å². The number of esters is 1. The van der Waals surface area contributed by atoms with Crippen molar-refractivity contribution in [1.29, 1.82) is 0 Å². The number of nitrogens with one attached hydrogen (secondary N) is 1. The summed E-state index contributed by atoms with van der Waals surface area (Å²) in [6, 6.07) is 5.51. The van der Waals surface area contributed by atoms with Crippen LogP contribution in [0.25, 0.3) is 0 Å². The van der Waals surface area contributed by atoms with Gasteiger partial charge in [0.05, 0.1) is 7.11 Å². The lowest BCUT2D eigenvalue weighted by atomic mass is 9.95. The smallest absolute Gasteiger partial charge is 0.330 e. The largest absolute Gasteiger partial charge is 0.467 e. The first-order valence-corrected chi connectivity index (χ1v) is 7.62. The minimum Gasteiger partial charge on any atom is -0.467 e. The number of ether oxygens (including phenoxy) is 1. The summed E-state index contributed by atoms with van der Waals surface area (Å²) in [6.45, 7) is 4.80. The van der Waals surface area contributed by atoms with E-state index in [9.17, 15) is 9.59 Å². The number of rotatable bonds is 4. The van der Waals surface area contributed by atoms with E-state index in [4.69, 9.17) is 10.8 Å². The molecule has 1 rings (SSSR count). The van der Waals surface area contributed by atoms with Gasteiger partial charge in [0.15, 0.2) is 0 Å². The van der Waals surface area contributed by atoms with Gasteiger partial charge in [-0.25, -0.2) is 4.79 Å². The number of nitrogens with two attached hydrogens (primary N) is 1. The van der Waals surface area contributed by atoms with Crippen LogP contribution < -0.4 is 11.1 Å². The molecule has 0 bridgehead atoms. The average molecular weight is 342 g/mol. The van der Waals surface area contributed by atoms with Crippen LogP contribution in [0.2, 0.25) is 0 Å². The van der Waals surface area contributed by atoms with Crippen LogP contribution in [0.3, 0.4) is 0 Å². The summed E-state index contributed by atoms with van der Waals surface area (Å²) in [4.78, 5) is 24.1. The lowest BCUT2D eigenvalue weighted by Gasteiger charge is -2.28. The summed E-state index contributed by atoms with van der Waals surface area (Å²) in [5, 5.41) is 11.6. The zero-order chi connectivity index (χ0) is 19.0. The van der Waals surface area contributed by atoms with Crippen molar-refractivity contribution in [1.82, 2.24) is 5.32 Å². The molecule has 25 heavy (non-hydrogen) atoms. The summed E-state index contributed by atoms with van der Waals surface area (Å²) in [5.41, 5.74) is 5.98. The van der Waals surface area contributed by atoms with Gasteiger partial charge in [-0.15, -0.1) is 0 Å². The van der Waals surface area contributed by atoms with Gasteiger partial charge in [-0.3, -0.25) is 4.79 Å². The fraction of sp³-hybridized carbons (Fsp3) is 0.368. The summed E-state index contributed by atoms with van der Waals surface area (Å²) in [6.07, 6.45) is -0.727. The molecule has 0 fully saturated rings. The minimum absolute atomic E-state index is 0.360. The summed E-state index contributed by atoms with van der Waals surface area (Å²) in [7, 11) is 1.24. The fourth-order valence-corrected chi connectivity index (χ4v) is 1.83. The Morgan fingerprint density at radius 3 is 2.32 bits per heavy atom. The van der Waals surface area contributed by atoms with Crippen molar-refractivity contribution in [2.24, 2.45) is 5.73 Å². The van der Waals surface area contributed by atoms with Crippen LogP contribution in [-0.2, 0) is 9.53 Å². The molecular weight excluding hydrogens is 320 g/mol. The number of hydrogen-bond donors (Lipinski definition) is 3. The molecule has 1 amide bonds. The third-order valence-corrected chi connectivity index (χ3v) is 3.15. The normalized spacial score (nSPS) is 12.6. The Hall–Kier alpha value is -2.80. The molecule has 0 aromatic heterocycles. The molecule has 0 spiro atoms. The van der Waals surface area contributed by atoms with Crippen LogP contribution in [0.15, 0.2) is 24.3 Å². The number of carbonyl (C=O) groups is 2. The molecule has 0 saturated heterocycles. The van der Waals surface area contributed by atoms with Crippen LogP contribution in [-0.4, -0.2) is 41.8 Å². The van der Waals surface area contributed by atoms with Gasteiger partial charge in [0, 0.05) is 16.7 Å². The van der Waals surface area contributed by atoms with Crippen molar-refractivity contribution in [3.63, 3.8) is 0 Å². The first-order valence-electron chi connectivity index (χ1n) is 7.62. The highest BCUT2D eigenvalue weighted by atomic mass is 16.5. The van der Waals surface area contributed by atoms with Gasteiger partial charge in [0.1, 0.15) is 12.1 Å². The van der Waals surface area contributed by atoms with Crippen molar-refractivity contribution in [2.45, 2.75) is 38.5 Å². The predicted molar refractivity (Wildman–Crippen MR) is 94.3 cm³/mol. The molecule has 2 atom stereocenters. The molecule has 0 saturated carbocycles. The highest BCUT2D eigenvalue weighted by Crippen LogP contribution is 2.10. The zero-order valence-electron chi connectivity index (χ0n) is 14.7. The van der Waals surface area contributed by atoms with E-state index < -0.39 is 29.6 Å². The zero-order valence-corrected chi connectivity index (χ0v) is 14.7. The summed E-state index contributed by atoms with van der Waals surface area (Å²) >= 11 is 0. The second-order valence-electron chi connectivity index (χ2n) is 6.02. The molecule has 4 N–H and O–H groups in total. The van der Waals surface area contributed by atoms with Gasteiger partial charge in [-0.2, -0.15) is 0 Å². The van der Waals surface area contributed by atoms with E-state index in [0.717, 1.165) is 0 Å². The Bertz CT molecular complexity index is 738. The predicted octanol–water partition coefficient (Wildman–Crippen LogP) is 0.431. The Morgan fingerprint density at radius 2 is 1.84 bits per heavy atom. The monoisotopic (exact) mass is 342 g/mol. The van der Waals surface area contributed by atoms with E-state index in [1.807, 2.05) is 0 Å². The molecule has 0 radical (unpaired) electrons. The van der Waals surface area contributed by atoms with E-state index in [2.05, 4.69) is 33.7 Å². The number of carbonyl (C=O) groups excluding carboxylic acids is 2. The van der Waals surface area contributed by atoms with Crippen LogP contribution in [0.4, 0.5) is 0 Å². The maximum Gasteiger partial charge on any atom is 0.330 e. The lowest BCUT2D eigenvalue weighted by Crippen LogP contribution is -2.59. The van der Waals surface area contributed by atoms with Gasteiger partial charge >= 0.3 is 5.97 Å². The van der Waals surface area contributed by atoms with Gasteiger partial charge in [0.25, 0.3) is 5.91 Å². The van der Waals surface area contributed by atoms with Crippen LogP contribution >= 0.6 is 0 Å². The molecule has 0 aliphatic heterocycles. The first kappa shape index (κ1) is 20.2. The van der Waals surface area contributed by atoms with E-state index >= 15 is 0 Å². The molecule has 132 valence electrons. The third kappa shape index (κ3) is 6.68. The molecule has 1 aromatic carbocycles. The molecule has 0 aliphatic rings. The molecule has 2 unspecified atom stereocenters. The van der Waals surface area contributed by atoms with Gasteiger partial charge < -0.3 is 20.9 Å². The van der Waals surface area contributed by atoms with E-state index in [1.54, 1.807) is 45.0 Å². The molecule has 6 heteroatoms. The number of hydrogen-bond acceptors (Lipinski definition) is 5. The highest BCUT2D eigenvalue weighted by Gasteiger charge is 2.34. The Morgan fingerprint density at radius 1 is 1.24 bits per heavy atom. The van der Waals surface area contributed by atoms with Gasteiger partial charge in [-0.1, -0.05) is 11.8 Å². The number of aliphatic hydroxyl groups excluding tert-OH is 1.